The fourth-order valence-corrected chi connectivity index (χ4v) is 3.59. The molecule has 2 rings (SSSR count). The maximum Gasteiger partial charge on any atom is 0.273 e. The number of non-ortho nitro benzene ring substituents is 1. The van der Waals surface area contributed by atoms with Crippen molar-refractivity contribution >= 4 is 45.7 Å². The van der Waals surface area contributed by atoms with Gasteiger partial charge >= 0.3 is 0 Å². The molecule has 1 heterocycles. The molecule has 9 nitrogen and oxygen atoms in total. The maximum absolute atomic E-state index is 11.9. The van der Waals surface area contributed by atoms with E-state index in [1.807, 2.05) is 0 Å². The minimum atomic E-state index is -0.545. The Labute approximate surface area is 150 Å². The van der Waals surface area contributed by atoms with Gasteiger partial charge in [-0.25, -0.2) is 4.98 Å². The second kappa shape index (κ2) is 8.44. The normalized spacial score (nSPS) is 10.3. The number of ether oxygens (including phenoxy) is 1. The van der Waals surface area contributed by atoms with E-state index in [2.05, 4.69) is 10.3 Å². The molecule has 132 valence electrons. The van der Waals surface area contributed by atoms with Crippen LogP contribution in [0.3, 0.4) is 0 Å². The average Bonchev–Trinajstić information content (AvgIpc) is 2.90. The number of aromatic nitrogens is 1. The van der Waals surface area contributed by atoms with Crippen molar-refractivity contribution in [1.29, 1.82) is 0 Å². The molecule has 0 bridgehead atoms. The molecular weight excluding hydrogens is 368 g/mol. The first-order chi connectivity index (χ1) is 11.8. The van der Waals surface area contributed by atoms with Gasteiger partial charge in [0.1, 0.15) is 5.75 Å². The molecule has 0 aliphatic rings. The quantitative estimate of drug-likeness (QED) is 0.404. The molecule has 0 radical (unpaired) electrons. The lowest BCUT2D eigenvalue weighted by Crippen LogP contribution is -2.20. The van der Waals surface area contributed by atoms with E-state index in [9.17, 15) is 19.7 Å². The van der Waals surface area contributed by atoms with Crippen LogP contribution in [0.15, 0.2) is 28.5 Å². The van der Waals surface area contributed by atoms with Crippen LogP contribution in [0.4, 0.5) is 10.8 Å². The molecule has 25 heavy (non-hydrogen) atoms. The highest BCUT2D eigenvalue weighted by atomic mass is 32.2. The van der Waals surface area contributed by atoms with Crippen LogP contribution in [0.2, 0.25) is 0 Å². The zero-order valence-electron chi connectivity index (χ0n) is 13.1. The first-order valence-corrected chi connectivity index (χ1v) is 8.71. The lowest BCUT2D eigenvalue weighted by molar-refractivity contribution is -0.384. The van der Waals surface area contributed by atoms with Crippen LogP contribution < -0.4 is 15.8 Å². The number of rotatable bonds is 8. The summed E-state index contributed by atoms with van der Waals surface area (Å²) in [7, 11) is 0. The average molecular weight is 382 g/mol. The number of hydrogen-bond acceptors (Lipinski definition) is 8. The Bertz CT molecular complexity index is 808. The third kappa shape index (κ3) is 5.72. The summed E-state index contributed by atoms with van der Waals surface area (Å²) in [6.07, 6.45) is 0. The van der Waals surface area contributed by atoms with Gasteiger partial charge in [0.25, 0.3) is 11.6 Å². The van der Waals surface area contributed by atoms with E-state index in [1.165, 1.54) is 47.4 Å². The zero-order valence-corrected chi connectivity index (χ0v) is 14.7. The summed E-state index contributed by atoms with van der Waals surface area (Å²) in [5.41, 5.74) is 5.66. The van der Waals surface area contributed by atoms with E-state index >= 15 is 0 Å². The highest BCUT2D eigenvalue weighted by molar-refractivity contribution is 8.01. The molecule has 0 fully saturated rings. The molecule has 1 aromatic carbocycles. The number of nitrogens with one attached hydrogen (secondary N) is 1. The van der Waals surface area contributed by atoms with E-state index < -0.39 is 16.7 Å². The van der Waals surface area contributed by atoms with Crippen molar-refractivity contribution in [2.75, 3.05) is 17.7 Å². The Hall–Kier alpha value is -2.66. The number of nitrogens with zero attached hydrogens (tertiary/aromatic N) is 2. The van der Waals surface area contributed by atoms with Gasteiger partial charge in [-0.15, -0.1) is 11.8 Å². The molecule has 0 aliphatic carbocycles. The Morgan fingerprint density at radius 1 is 1.48 bits per heavy atom. The van der Waals surface area contributed by atoms with Crippen LogP contribution >= 0.6 is 23.1 Å². The SMILES string of the molecule is Cc1nc(NC(=O)COc2cccc([N+](=O)[O-])c2)sc1SCC(N)=O. The van der Waals surface area contributed by atoms with Crippen molar-refractivity contribution in [2.45, 2.75) is 11.1 Å². The summed E-state index contributed by atoms with van der Waals surface area (Å²) in [5.74, 6) is -0.537. The third-order valence-electron chi connectivity index (χ3n) is 2.74. The lowest BCUT2D eigenvalue weighted by Gasteiger charge is -2.05. The standard InChI is InChI=1S/C14H14N4O5S2/c1-8-13(24-7-11(15)19)25-14(16-8)17-12(20)6-23-10-4-2-3-9(5-10)18(21)22/h2-5H,6-7H2,1H3,(H2,15,19)(H,16,17,20). The number of thiazole rings is 1. The Balaban J connectivity index is 1.90. The predicted octanol–water partition coefficient (Wildman–Crippen LogP) is 1.95. The summed E-state index contributed by atoms with van der Waals surface area (Å²) >= 11 is 2.48. The molecule has 0 spiro atoms. The summed E-state index contributed by atoms with van der Waals surface area (Å²) < 4.78 is 6.03. The van der Waals surface area contributed by atoms with Crippen LogP contribution in [-0.2, 0) is 9.59 Å². The second-order valence-electron chi connectivity index (χ2n) is 4.74. The van der Waals surface area contributed by atoms with Crippen molar-refractivity contribution in [1.82, 2.24) is 4.98 Å². The van der Waals surface area contributed by atoms with E-state index in [1.54, 1.807) is 6.92 Å². The summed E-state index contributed by atoms with van der Waals surface area (Å²) in [5, 5.41) is 13.6. The fraction of sp³-hybridized carbons (Fsp3) is 0.214. The van der Waals surface area contributed by atoms with Crippen molar-refractivity contribution in [2.24, 2.45) is 5.73 Å². The molecule has 0 unspecified atom stereocenters. The number of carbonyl (C=O) groups excluding carboxylic acids is 2. The highest BCUT2D eigenvalue weighted by Crippen LogP contribution is 2.31. The lowest BCUT2D eigenvalue weighted by atomic mass is 10.3. The molecule has 0 atom stereocenters. The van der Waals surface area contributed by atoms with Gasteiger partial charge in [-0.2, -0.15) is 0 Å². The van der Waals surface area contributed by atoms with Gasteiger partial charge in [-0.3, -0.25) is 25.0 Å². The molecule has 2 amide bonds. The smallest absolute Gasteiger partial charge is 0.273 e. The van der Waals surface area contributed by atoms with Crippen LogP contribution in [0.25, 0.3) is 0 Å². The van der Waals surface area contributed by atoms with Gasteiger partial charge < -0.3 is 10.5 Å². The number of nitro groups is 1. The highest BCUT2D eigenvalue weighted by Gasteiger charge is 2.13. The van der Waals surface area contributed by atoms with E-state index in [0.717, 1.165) is 4.21 Å². The fourth-order valence-electron chi connectivity index (χ4n) is 1.70. The van der Waals surface area contributed by atoms with E-state index in [-0.39, 0.29) is 23.8 Å². The third-order valence-corrected chi connectivity index (χ3v) is 5.20. The number of nitro benzene ring substituents is 1. The molecule has 11 heteroatoms. The first kappa shape index (κ1) is 18.7. The minimum Gasteiger partial charge on any atom is -0.484 e. The van der Waals surface area contributed by atoms with Crippen LogP contribution in [-0.4, -0.2) is 34.1 Å². The van der Waals surface area contributed by atoms with Gasteiger partial charge in [-0.05, 0) is 13.0 Å². The van der Waals surface area contributed by atoms with E-state index in [0.29, 0.717) is 10.8 Å². The van der Waals surface area contributed by atoms with Crippen molar-refractivity contribution < 1.29 is 19.2 Å². The Morgan fingerprint density at radius 3 is 2.92 bits per heavy atom. The number of benzene rings is 1. The number of nitrogens with two attached hydrogens (primary N) is 1. The van der Waals surface area contributed by atoms with Gasteiger partial charge in [0.2, 0.25) is 5.91 Å². The summed E-state index contributed by atoms with van der Waals surface area (Å²) in [4.78, 5) is 37.1. The number of amides is 2. The number of hydrogen-bond donors (Lipinski definition) is 2. The number of primary amides is 1. The largest absolute Gasteiger partial charge is 0.484 e. The number of anilines is 1. The predicted molar refractivity (Wildman–Crippen MR) is 94.0 cm³/mol. The molecular formula is C14H14N4O5S2. The zero-order chi connectivity index (χ0) is 18.4. The monoisotopic (exact) mass is 382 g/mol. The van der Waals surface area contributed by atoms with Crippen LogP contribution in [0.5, 0.6) is 5.75 Å². The number of carbonyl (C=O) groups is 2. The van der Waals surface area contributed by atoms with Crippen LogP contribution in [0, 0.1) is 17.0 Å². The van der Waals surface area contributed by atoms with Gasteiger partial charge in [0.15, 0.2) is 11.7 Å². The van der Waals surface area contributed by atoms with Gasteiger partial charge in [0.05, 0.1) is 26.6 Å². The van der Waals surface area contributed by atoms with Gasteiger partial charge in [-0.1, -0.05) is 17.4 Å². The van der Waals surface area contributed by atoms with Crippen molar-refractivity contribution in [3.63, 3.8) is 0 Å². The van der Waals surface area contributed by atoms with Crippen molar-refractivity contribution in [3.05, 3.63) is 40.1 Å². The molecule has 1 aromatic heterocycles. The van der Waals surface area contributed by atoms with Crippen LogP contribution in [0.1, 0.15) is 5.69 Å². The molecule has 2 aromatic rings. The number of thioether (sulfide) groups is 1. The van der Waals surface area contributed by atoms with E-state index in [4.69, 9.17) is 10.5 Å². The molecule has 0 saturated carbocycles. The number of aryl methyl sites for hydroxylation is 1. The van der Waals surface area contributed by atoms with Gasteiger partial charge in [0, 0.05) is 6.07 Å². The Kier molecular flexibility index (Phi) is 6.31. The first-order valence-electron chi connectivity index (χ1n) is 6.91. The Morgan fingerprint density at radius 2 is 2.24 bits per heavy atom. The molecule has 0 aliphatic heterocycles. The minimum absolute atomic E-state index is 0.121. The second-order valence-corrected chi connectivity index (χ2v) is 6.98. The molecule has 0 saturated heterocycles. The molecule has 3 N–H and O–H groups in total. The summed E-state index contributed by atoms with van der Waals surface area (Å²) in [6, 6.07) is 5.56. The maximum atomic E-state index is 11.9. The van der Waals surface area contributed by atoms with Crippen molar-refractivity contribution in [3.8, 4) is 5.75 Å². The summed E-state index contributed by atoms with van der Waals surface area (Å²) in [6.45, 7) is 1.44. The topological polar surface area (TPSA) is 137 Å².